The summed E-state index contributed by atoms with van der Waals surface area (Å²) >= 11 is 0. The lowest BCUT2D eigenvalue weighted by molar-refractivity contribution is 0.353. The Balaban J connectivity index is 2.75. The van der Waals surface area contributed by atoms with Gasteiger partial charge in [0.1, 0.15) is 6.26 Å². The van der Waals surface area contributed by atoms with Gasteiger partial charge in [0.15, 0.2) is 11.5 Å². The van der Waals surface area contributed by atoms with Crippen LogP contribution in [0.25, 0.3) is 0 Å². The Kier molecular flexibility index (Phi) is 3.64. The average molecular weight is 185 g/mol. The standard InChI is InChI=1S/C9H15NO3/c1-4-10-5-7-9(12-3)8(11-2)6-13-7/h6,10H,4-5H2,1-3H3. The van der Waals surface area contributed by atoms with Crippen molar-refractivity contribution in [2.75, 3.05) is 20.8 Å². The van der Waals surface area contributed by atoms with Crippen molar-refractivity contribution in [2.45, 2.75) is 13.5 Å². The van der Waals surface area contributed by atoms with Gasteiger partial charge in [-0.3, -0.25) is 0 Å². The maximum atomic E-state index is 5.27. The van der Waals surface area contributed by atoms with Crippen molar-refractivity contribution < 1.29 is 13.9 Å². The van der Waals surface area contributed by atoms with Gasteiger partial charge in [0.2, 0.25) is 5.75 Å². The van der Waals surface area contributed by atoms with Crippen LogP contribution in [0.5, 0.6) is 11.5 Å². The van der Waals surface area contributed by atoms with Crippen molar-refractivity contribution >= 4 is 0 Å². The number of nitrogens with one attached hydrogen (secondary N) is 1. The van der Waals surface area contributed by atoms with E-state index in [1.165, 1.54) is 0 Å². The molecule has 4 nitrogen and oxygen atoms in total. The fourth-order valence-electron chi connectivity index (χ4n) is 1.08. The van der Waals surface area contributed by atoms with E-state index in [0.29, 0.717) is 18.0 Å². The largest absolute Gasteiger partial charge is 0.490 e. The quantitative estimate of drug-likeness (QED) is 0.753. The molecule has 4 heteroatoms. The molecule has 74 valence electrons. The molecule has 0 aliphatic rings. The maximum absolute atomic E-state index is 5.27. The molecule has 0 unspecified atom stereocenters. The first-order valence-electron chi connectivity index (χ1n) is 4.22. The van der Waals surface area contributed by atoms with E-state index in [1.54, 1.807) is 20.5 Å². The van der Waals surface area contributed by atoms with Gasteiger partial charge in [0, 0.05) is 0 Å². The van der Waals surface area contributed by atoms with Gasteiger partial charge >= 0.3 is 0 Å². The van der Waals surface area contributed by atoms with Gasteiger partial charge in [-0.1, -0.05) is 6.92 Å². The predicted octanol–water partition coefficient (Wildman–Crippen LogP) is 1.41. The molecule has 1 N–H and O–H groups in total. The third-order valence-electron chi connectivity index (χ3n) is 1.74. The lowest BCUT2D eigenvalue weighted by Crippen LogP contribution is -2.11. The van der Waals surface area contributed by atoms with E-state index < -0.39 is 0 Å². The van der Waals surface area contributed by atoms with Gasteiger partial charge in [0.05, 0.1) is 20.8 Å². The van der Waals surface area contributed by atoms with Crippen molar-refractivity contribution in [3.05, 3.63) is 12.0 Å². The summed E-state index contributed by atoms with van der Waals surface area (Å²) in [5.74, 6) is 2.07. The van der Waals surface area contributed by atoms with Gasteiger partial charge in [-0.2, -0.15) is 0 Å². The molecule has 1 heterocycles. The topological polar surface area (TPSA) is 43.6 Å². The zero-order valence-corrected chi connectivity index (χ0v) is 8.22. The Hall–Kier alpha value is -1.16. The second-order valence-corrected chi connectivity index (χ2v) is 2.54. The highest BCUT2D eigenvalue weighted by molar-refractivity contribution is 5.40. The van der Waals surface area contributed by atoms with Crippen LogP contribution >= 0.6 is 0 Å². The van der Waals surface area contributed by atoms with E-state index in [9.17, 15) is 0 Å². The van der Waals surface area contributed by atoms with Crippen LogP contribution < -0.4 is 14.8 Å². The molecule has 0 aromatic carbocycles. The van der Waals surface area contributed by atoms with E-state index in [4.69, 9.17) is 13.9 Å². The fraction of sp³-hybridized carbons (Fsp3) is 0.556. The van der Waals surface area contributed by atoms with Gasteiger partial charge < -0.3 is 19.2 Å². The van der Waals surface area contributed by atoms with Crippen molar-refractivity contribution in [3.8, 4) is 11.5 Å². The second-order valence-electron chi connectivity index (χ2n) is 2.54. The molecule has 0 radical (unpaired) electrons. The average Bonchev–Trinajstić information content (AvgIpc) is 2.56. The highest BCUT2D eigenvalue weighted by atomic mass is 16.5. The molecule has 0 amide bonds. The molecule has 0 aliphatic carbocycles. The summed E-state index contributed by atoms with van der Waals surface area (Å²) in [7, 11) is 3.19. The molecule has 1 rings (SSSR count). The molecule has 0 atom stereocenters. The molecule has 0 saturated heterocycles. The first kappa shape index (κ1) is 9.92. The minimum absolute atomic E-state index is 0.635. The van der Waals surface area contributed by atoms with Crippen LogP contribution in [0.2, 0.25) is 0 Å². The number of ether oxygens (including phenoxy) is 2. The normalized spacial score (nSPS) is 10.1. The minimum atomic E-state index is 0.635. The van der Waals surface area contributed by atoms with E-state index in [0.717, 1.165) is 12.3 Å². The lowest BCUT2D eigenvalue weighted by atomic mass is 10.4. The number of methoxy groups -OCH3 is 2. The summed E-state index contributed by atoms with van der Waals surface area (Å²) in [6, 6.07) is 0. The van der Waals surface area contributed by atoms with Crippen LogP contribution in [-0.2, 0) is 6.54 Å². The van der Waals surface area contributed by atoms with E-state index in [2.05, 4.69) is 5.32 Å². The van der Waals surface area contributed by atoms with Gasteiger partial charge in [-0.15, -0.1) is 0 Å². The zero-order valence-electron chi connectivity index (χ0n) is 8.22. The highest BCUT2D eigenvalue weighted by Gasteiger charge is 2.13. The first-order valence-corrected chi connectivity index (χ1v) is 4.22. The molecule has 13 heavy (non-hydrogen) atoms. The summed E-state index contributed by atoms with van der Waals surface area (Å²) in [6.07, 6.45) is 1.55. The lowest BCUT2D eigenvalue weighted by Gasteiger charge is -2.03. The second kappa shape index (κ2) is 4.77. The third kappa shape index (κ3) is 2.15. The summed E-state index contributed by atoms with van der Waals surface area (Å²) in [5.41, 5.74) is 0. The number of hydrogen-bond donors (Lipinski definition) is 1. The maximum Gasteiger partial charge on any atom is 0.204 e. The van der Waals surface area contributed by atoms with Crippen molar-refractivity contribution in [2.24, 2.45) is 0 Å². The van der Waals surface area contributed by atoms with Gasteiger partial charge in [0.25, 0.3) is 0 Å². The molecular formula is C9H15NO3. The van der Waals surface area contributed by atoms with Crippen molar-refractivity contribution in [1.29, 1.82) is 0 Å². The van der Waals surface area contributed by atoms with E-state index >= 15 is 0 Å². The van der Waals surface area contributed by atoms with Crippen molar-refractivity contribution in [1.82, 2.24) is 5.32 Å². The molecule has 0 saturated carbocycles. The van der Waals surface area contributed by atoms with Crippen LogP contribution in [-0.4, -0.2) is 20.8 Å². The Morgan fingerprint density at radius 2 is 2.15 bits per heavy atom. The smallest absolute Gasteiger partial charge is 0.204 e. The van der Waals surface area contributed by atoms with Crippen LogP contribution in [0.3, 0.4) is 0 Å². The van der Waals surface area contributed by atoms with E-state index in [-0.39, 0.29) is 0 Å². The number of rotatable bonds is 5. The minimum Gasteiger partial charge on any atom is -0.490 e. The number of furan rings is 1. The molecule has 0 bridgehead atoms. The highest BCUT2D eigenvalue weighted by Crippen LogP contribution is 2.32. The van der Waals surface area contributed by atoms with Crippen LogP contribution in [0, 0.1) is 0 Å². The summed E-state index contributed by atoms with van der Waals surface area (Å²) in [6.45, 7) is 3.59. The van der Waals surface area contributed by atoms with Gasteiger partial charge in [-0.05, 0) is 6.54 Å². The Labute approximate surface area is 77.8 Å². The molecule has 0 aliphatic heterocycles. The summed E-state index contributed by atoms with van der Waals surface area (Å²) in [5, 5.41) is 3.15. The molecule has 0 fully saturated rings. The Morgan fingerprint density at radius 1 is 1.38 bits per heavy atom. The molecule has 1 aromatic heterocycles. The van der Waals surface area contributed by atoms with Crippen LogP contribution in [0.4, 0.5) is 0 Å². The zero-order chi connectivity index (χ0) is 9.68. The third-order valence-corrected chi connectivity index (χ3v) is 1.74. The monoisotopic (exact) mass is 185 g/mol. The molecule has 1 aromatic rings. The molecule has 0 spiro atoms. The van der Waals surface area contributed by atoms with Crippen molar-refractivity contribution in [3.63, 3.8) is 0 Å². The Morgan fingerprint density at radius 3 is 2.69 bits per heavy atom. The molecular weight excluding hydrogens is 170 g/mol. The number of hydrogen-bond acceptors (Lipinski definition) is 4. The van der Waals surface area contributed by atoms with Crippen LogP contribution in [0.1, 0.15) is 12.7 Å². The first-order chi connectivity index (χ1) is 6.33. The predicted molar refractivity (Wildman–Crippen MR) is 49.2 cm³/mol. The van der Waals surface area contributed by atoms with E-state index in [1.807, 2.05) is 6.92 Å². The summed E-state index contributed by atoms with van der Waals surface area (Å²) < 4.78 is 15.5. The van der Waals surface area contributed by atoms with Gasteiger partial charge in [-0.25, -0.2) is 0 Å². The fourth-order valence-corrected chi connectivity index (χ4v) is 1.08. The summed E-state index contributed by atoms with van der Waals surface area (Å²) in [4.78, 5) is 0. The SMILES string of the molecule is CCNCc1occ(OC)c1OC. The Bertz CT molecular complexity index is 257. The van der Waals surface area contributed by atoms with Crippen LogP contribution in [0.15, 0.2) is 10.7 Å².